The molecular formula is C3H15B7. The molecule has 0 nitrogen and oxygen atoms in total. The zero-order valence-corrected chi connectivity index (χ0v) is 7.66. The highest BCUT2D eigenvalue weighted by Crippen LogP contribution is 1.78. The Labute approximate surface area is 70.5 Å². The monoisotopic (exact) mass is 128 g/mol. The van der Waals surface area contributed by atoms with Crippen LogP contribution in [0.1, 0.15) is 6.92 Å². The molecule has 0 aliphatic heterocycles. The first-order chi connectivity index (χ1) is 4.91. The van der Waals surface area contributed by atoms with Crippen LogP contribution in [0.2, 0.25) is 12.5 Å². The quantitative estimate of drug-likeness (QED) is 0.247. The summed E-state index contributed by atoms with van der Waals surface area (Å²) in [5, 5.41) is 0. The first-order valence-electron chi connectivity index (χ1n) is 4.91. The summed E-state index contributed by atoms with van der Waals surface area (Å²) >= 11 is 0. The Bertz CT molecular complexity index is 48.8. The van der Waals surface area contributed by atoms with Gasteiger partial charge in [0.25, 0.3) is 0 Å². The Morgan fingerprint density at radius 2 is 2.00 bits per heavy atom. The molecule has 0 aromatic rings. The predicted molar refractivity (Wildman–Crippen MR) is 66.7 cm³/mol. The smallest absolute Gasteiger partial charge is 0.108 e. The van der Waals surface area contributed by atoms with Gasteiger partial charge in [0.15, 0.2) is 0 Å². The van der Waals surface area contributed by atoms with Crippen molar-refractivity contribution in [3.05, 3.63) is 0 Å². The van der Waals surface area contributed by atoms with Crippen LogP contribution in [-0.2, 0) is 0 Å². The lowest BCUT2D eigenvalue weighted by atomic mass is 8.98. The average molecular weight is 127 g/mol. The Hall–Kier alpha value is 0.455. The molecule has 0 atom stereocenters. The third-order valence-electron chi connectivity index (χ3n) is 1.96. The van der Waals surface area contributed by atoms with Crippen molar-refractivity contribution in [2.75, 3.05) is 0 Å². The van der Waals surface area contributed by atoms with Crippen molar-refractivity contribution in [1.82, 2.24) is 0 Å². The highest BCUT2D eigenvalue weighted by atomic mass is 13.4. The van der Waals surface area contributed by atoms with Gasteiger partial charge in [0.05, 0.1) is 14.9 Å². The van der Waals surface area contributed by atoms with E-state index in [0.29, 0.717) is 0 Å². The SMILES string of the molecule is BBBBBBCBCC. The molecular weight excluding hydrogens is 112 g/mol. The highest BCUT2D eigenvalue weighted by molar-refractivity contribution is 7.57. The zero-order chi connectivity index (χ0) is 7.66. The number of hydrogen-bond donors (Lipinski definition) is 0. The Morgan fingerprint density at radius 1 is 1.20 bits per heavy atom. The van der Waals surface area contributed by atoms with Crippen molar-refractivity contribution in [2.24, 2.45) is 0 Å². The van der Waals surface area contributed by atoms with Crippen LogP contribution in [0.15, 0.2) is 0 Å². The molecule has 10 heavy (non-hydrogen) atoms. The molecule has 0 saturated carbocycles. The van der Waals surface area contributed by atoms with Crippen LogP contribution in [0.5, 0.6) is 0 Å². The Kier molecular flexibility index (Phi) is 9.88. The standard InChI is InChI=1S/C3H15B7/c1-2-5-3-6-8-10-9-7-4/h5-10H,2-4H2,1H3. The second-order valence-corrected chi connectivity index (χ2v) is 3.12. The van der Waals surface area contributed by atoms with E-state index in [1.165, 1.54) is 55.2 Å². The van der Waals surface area contributed by atoms with Crippen LogP contribution in [0.4, 0.5) is 0 Å². The molecule has 0 saturated heterocycles. The third-order valence-corrected chi connectivity index (χ3v) is 1.96. The van der Waals surface area contributed by atoms with Gasteiger partial charge < -0.3 is 0 Å². The van der Waals surface area contributed by atoms with Crippen LogP contribution in [-0.4, -0.2) is 50.4 Å². The normalized spacial score (nSPS) is 7.70. The first-order valence-corrected chi connectivity index (χ1v) is 4.91. The second-order valence-electron chi connectivity index (χ2n) is 3.12. The number of hydrogen-bond acceptors (Lipinski definition) is 0. The molecule has 0 bridgehead atoms. The summed E-state index contributed by atoms with van der Waals surface area (Å²) in [5.74, 6) is 0. The van der Waals surface area contributed by atoms with E-state index in [4.69, 9.17) is 0 Å². The Morgan fingerprint density at radius 3 is 2.60 bits per heavy atom. The first kappa shape index (κ1) is 10.5. The van der Waals surface area contributed by atoms with E-state index in [9.17, 15) is 0 Å². The van der Waals surface area contributed by atoms with Crippen LogP contribution in [0, 0.1) is 0 Å². The van der Waals surface area contributed by atoms with Gasteiger partial charge in [0.1, 0.15) is 7.28 Å². The molecule has 0 unspecified atom stereocenters. The summed E-state index contributed by atoms with van der Waals surface area (Å²) in [6.07, 6.45) is 2.83. The second kappa shape index (κ2) is 9.45. The molecule has 0 spiro atoms. The van der Waals surface area contributed by atoms with Crippen LogP contribution < -0.4 is 0 Å². The lowest BCUT2D eigenvalue weighted by Gasteiger charge is -1.90. The topological polar surface area (TPSA) is 0 Å². The van der Waals surface area contributed by atoms with Gasteiger partial charge in [0.2, 0.25) is 0 Å². The molecule has 0 amide bonds. The molecule has 0 N–H and O–H groups in total. The molecule has 0 aromatic carbocycles. The maximum absolute atomic E-state index is 2.27. The Balaban J connectivity index is 2.65. The maximum Gasteiger partial charge on any atom is 0.112 e. The lowest BCUT2D eigenvalue weighted by Crippen LogP contribution is -2.23. The molecule has 0 aromatic heterocycles. The summed E-state index contributed by atoms with van der Waals surface area (Å²) in [4.78, 5) is 0. The van der Waals surface area contributed by atoms with Gasteiger partial charge in [-0.25, -0.2) is 0 Å². The minimum atomic E-state index is 1.37. The minimum Gasteiger partial charge on any atom is -0.108 e. The molecule has 0 aliphatic carbocycles. The fourth-order valence-corrected chi connectivity index (χ4v) is 1.21. The number of rotatable bonds is 7. The van der Waals surface area contributed by atoms with E-state index in [2.05, 4.69) is 14.7 Å². The van der Waals surface area contributed by atoms with E-state index < -0.39 is 0 Å². The lowest BCUT2D eigenvalue weighted by molar-refractivity contribution is 1.45. The maximum atomic E-state index is 2.27. The van der Waals surface area contributed by atoms with E-state index in [1.807, 2.05) is 0 Å². The van der Waals surface area contributed by atoms with E-state index in [0.717, 1.165) is 0 Å². The van der Waals surface area contributed by atoms with Crippen molar-refractivity contribution in [3.8, 4) is 0 Å². The zero-order valence-electron chi connectivity index (χ0n) is 7.66. The summed E-state index contributed by atoms with van der Waals surface area (Å²) in [5.41, 5.74) is 0. The summed E-state index contributed by atoms with van der Waals surface area (Å²) in [7, 11) is 10.9. The van der Waals surface area contributed by atoms with Gasteiger partial charge in [-0.3, -0.25) is 0 Å². The fraction of sp³-hybridized carbons (Fsp3) is 1.00. The van der Waals surface area contributed by atoms with Crippen LogP contribution >= 0.6 is 0 Å². The molecule has 0 heterocycles. The largest absolute Gasteiger partial charge is 0.112 e. The van der Waals surface area contributed by atoms with Crippen molar-refractivity contribution < 1.29 is 0 Å². The summed E-state index contributed by atoms with van der Waals surface area (Å²) in [6, 6.07) is 0. The fourth-order valence-electron chi connectivity index (χ4n) is 1.21. The van der Waals surface area contributed by atoms with E-state index >= 15 is 0 Å². The third kappa shape index (κ3) is 8.45. The van der Waals surface area contributed by atoms with Gasteiger partial charge >= 0.3 is 0 Å². The van der Waals surface area contributed by atoms with Gasteiger partial charge in [-0.2, -0.15) is 0 Å². The van der Waals surface area contributed by atoms with Crippen molar-refractivity contribution >= 4 is 50.4 Å². The molecule has 48 valence electrons. The van der Waals surface area contributed by atoms with Crippen LogP contribution in [0.3, 0.4) is 0 Å². The van der Waals surface area contributed by atoms with Gasteiger partial charge in [0, 0.05) is 28.2 Å². The van der Waals surface area contributed by atoms with Crippen molar-refractivity contribution in [1.29, 1.82) is 0 Å². The molecule has 7 heteroatoms. The average Bonchev–Trinajstić information content (AvgIpc) is 1.97. The van der Waals surface area contributed by atoms with E-state index in [1.54, 1.807) is 0 Å². The summed E-state index contributed by atoms with van der Waals surface area (Å²) in [6.45, 7) is 2.27. The van der Waals surface area contributed by atoms with Gasteiger partial charge in [-0.1, -0.05) is 13.2 Å². The van der Waals surface area contributed by atoms with E-state index in [-0.39, 0.29) is 0 Å². The predicted octanol–water partition coefficient (Wildman–Crippen LogP) is -3.37. The van der Waals surface area contributed by atoms with Crippen molar-refractivity contribution in [3.63, 3.8) is 0 Å². The van der Waals surface area contributed by atoms with Gasteiger partial charge in [-0.05, 0) is 0 Å². The summed E-state index contributed by atoms with van der Waals surface area (Å²) < 4.78 is 0. The molecule has 0 fully saturated rings. The molecule has 0 radical (unpaired) electrons. The van der Waals surface area contributed by atoms with Crippen LogP contribution in [0.25, 0.3) is 0 Å². The van der Waals surface area contributed by atoms with Gasteiger partial charge in [-0.15, -0.1) is 6.22 Å². The molecule has 0 aliphatic rings. The minimum absolute atomic E-state index is 1.37. The van der Waals surface area contributed by atoms with Crippen molar-refractivity contribution in [2.45, 2.75) is 19.5 Å². The molecule has 0 rings (SSSR count). The highest BCUT2D eigenvalue weighted by Gasteiger charge is 1.95.